The SMILES string of the molecule is COc1cc(Cl)ccc1C(C)(C)CC(O)(CNc1cccc2c1CNN2)C(F)(F)F. The fraction of sp³-hybridized carbons (Fsp3) is 0.429. The third-order valence-corrected chi connectivity index (χ3v) is 5.63. The molecule has 2 aromatic rings. The van der Waals surface area contributed by atoms with Gasteiger partial charge in [-0.15, -0.1) is 0 Å². The Balaban J connectivity index is 1.88. The second-order valence-corrected chi connectivity index (χ2v) is 8.53. The van der Waals surface area contributed by atoms with Crippen LogP contribution in [0.25, 0.3) is 0 Å². The van der Waals surface area contributed by atoms with E-state index in [4.69, 9.17) is 16.3 Å². The Hall–Kier alpha value is -2.16. The number of hydrazine groups is 1. The normalized spacial score (nSPS) is 15.9. The summed E-state index contributed by atoms with van der Waals surface area (Å²) >= 11 is 5.99. The zero-order chi connectivity index (χ0) is 22.2. The highest BCUT2D eigenvalue weighted by Crippen LogP contribution is 2.44. The van der Waals surface area contributed by atoms with Crippen molar-refractivity contribution < 1.29 is 23.0 Å². The Morgan fingerprint density at radius 2 is 1.93 bits per heavy atom. The van der Waals surface area contributed by atoms with Crippen molar-refractivity contribution >= 4 is 23.0 Å². The minimum absolute atomic E-state index is 0.378. The maximum Gasteiger partial charge on any atom is 0.418 e. The molecular weight excluding hydrogens is 419 g/mol. The maximum atomic E-state index is 14.0. The van der Waals surface area contributed by atoms with Gasteiger partial charge in [-0.2, -0.15) is 13.2 Å². The number of benzene rings is 2. The highest BCUT2D eigenvalue weighted by molar-refractivity contribution is 6.30. The third-order valence-electron chi connectivity index (χ3n) is 5.39. The number of halogens is 4. The first-order chi connectivity index (χ1) is 14.0. The summed E-state index contributed by atoms with van der Waals surface area (Å²) in [5.41, 5.74) is 4.54. The molecule has 1 atom stereocenters. The zero-order valence-corrected chi connectivity index (χ0v) is 17.7. The molecule has 1 aliphatic rings. The van der Waals surface area contributed by atoms with Crippen LogP contribution in [-0.4, -0.2) is 30.5 Å². The number of hydrogen-bond donors (Lipinski definition) is 4. The Bertz CT molecular complexity index is 921. The number of methoxy groups -OCH3 is 1. The van der Waals surface area contributed by atoms with Gasteiger partial charge in [-0.1, -0.05) is 37.6 Å². The van der Waals surface area contributed by atoms with Crippen LogP contribution in [0.2, 0.25) is 5.02 Å². The minimum atomic E-state index is -4.84. The molecule has 5 nitrogen and oxygen atoms in total. The molecule has 0 spiro atoms. The molecule has 0 aromatic heterocycles. The molecule has 0 amide bonds. The molecule has 30 heavy (non-hydrogen) atoms. The number of anilines is 2. The Morgan fingerprint density at radius 1 is 1.20 bits per heavy atom. The van der Waals surface area contributed by atoms with Gasteiger partial charge in [-0.25, -0.2) is 5.43 Å². The molecule has 3 rings (SSSR count). The molecular formula is C21H25ClF3N3O2. The molecule has 0 saturated heterocycles. The molecule has 1 aliphatic heterocycles. The minimum Gasteiger partial charge on any atom is -0.496 e. The van der Waals surface area contributed by atoms with Crippen LogP contribution in [0.1, 0.15) is 31.4 Å². The molecule has 1 unspecified atom stereocenters. The number of fused-ring (bicyclic) bond motifs is 1. The van der Waals surface area contributed by atoms with Gasteiger partial charge in [0.15, 0.2) is 5.60 Å². The number of nitrogens with one attached hydrogen (secondary N) is 3. The van der Waals surface area contributed by atoms with E-state index in [1.807, 2.05) is 6.07 Å². The molecule has 0 bridgehead atoms. The first-order valence-electron chi connectivity index (χ1n) is 9.45. The standard InChI is InChI=1S/C21H25ClF3N3O2/c1-19(2,15-8-7-13(22)9-18(15)30-3)11-20(29,21(23,24)25)12-26-16-5-4-6-17-14(16)10-27-28-17/h4-9,26-29H,10-12H2,1-3H3. The van der Waals surface area contributed by atoms with Crippen molar-refractivity contribution in [1.82, 2.24) is 5.43 Å². The van der Waals surface area contributed by atoms with Crippen molar-refractivity contribution in [3.63, 3.8) is 0 Å². The van der Waals surface area contributed by atoms with Crippen molar-refractivity contribution in [1.29, 1.82) is 0 Å². The molecule has 0 radical (unpaired) electrons. The zero-order valence-electron chi connectivity index (χ0n) is 17.0. The highest BCUT2D eigenvalue weighted by Gasteiger charge is 2.56. The topological polar surface area (TPSA) is 65.5 Å². The molecule has 0 aliphatic carbocycles. The van der Waals surface area contributed by atoms with Crippen LogP contribution in [0.5, 0.6) is 5.75 Å². The molecule has 0 saturated carbocycles. The lowest BCUT2D eigenvalue weighted by atomic mass is 9.74. The lowest BCUT2D eigenvalue weighted by Crippen LogP contribution is -2.53. The van der Waals surface area contributed by atoms with Crippen molar-refractivity contribution in [2.45, 2.75) is 44.0 Å². The van der Waals surface area contributed by atoms with Crippen LogP contribution in [0.3, 0.4) is 0 Å². The number of aliphatic hydroxyl groups is 1. The number of rotatable bonds is 7. The molecule has 2 aromatic carbocycles. The van der Waals surface area contributed by atoms with Gasteiger partial charge in [-0.3, -0.25) is 0 Å². The summed E-state index contributed by atoms with van der Waals surface area (Å²) in [5, 5.41) is 14.0. The van der Waals surface area contributed by atoms with E-state index in [-0.39, 0.29) is 0 Å². The second-order valence-electron chi connectivity index (χ2n) is 8.10. The molecule has 9 heteroatoms. The van der Waals surface area contributed by atoms with Gasteiger partial charge >= 0.3 is 6.18 Å². The molecule has 164 valence electrons. The van der Waals surface area contributed by atoms with Gasteiger partial charge in [0, 0.05) is 22.8 Å². The molecule has 4 N–H and O–H groups in total. The van der Waals surface area contributed by atoms with Crippen molar-refractivity contribution in [3.8, 4) is 5.75 Å². The Kier molecular flexibility index (Phi) is 6.13. The van der Waals surface area contributed by atoms with Crippen molar-refractivity contribution in [2.24, 2.45) is 0 Å². The van der Waals surface area contributed by atoms with E-state index in [1.165, 1.54) is 7.11 Å². The maximum absolute atomic E-state index is 14.0. The van der Waals surface area contributed by atoms with Gasteiger partial charge in [0.1, 0.15) is 5.75 Å². The van der Waals surface area contributed by atoms with Crippen LogP contribution < -0.4 is 20.9 Å². The first kappa shape index (κ1) is 22.5. The van der Waals surface area contributed by atoms with E-state index in [0.29, 0.717) is 28.6 Å². The van der Waals surface area contributed by atoms with Gasteiger partial charge in [-0.05, 0) is 41.7 Å². The van der Waals surface area contributed by atoms with E-state index >= 15 is 0 Å². The van der Waals surface area contributed by atoms with Crippen molar-refractivity contribution in [3.05, 3.63) is 52.5 Å². The summed E-state index contributed by atoms with van der Waals surface area (Å²) in [6.45, 7) is 3.07. The summed E-state index contributed by atoms with van der Waals surface area (Å²) in [6, 6.07) is 10.0. The fourth-order valence-electron chi connectivity index (χ4n) is 3.84. The predicted octanol–water partition coefficient (Wildman–Crippen LogP) is 4.85. The Labute approximate surface area is 178 Å². The fourth-order valence-corrected chi connectivity index (χ4v) is 4.00. The van der Waals surface area contributed by atoms with Crippen molar-refractivity contribution in [2.75, 3.05) is 24.4 Å². The number of alkyl halides is 3. The van der Waals surface area contributed by atoms with Crippen LogP contribution >= 0.6 is 11.6 Å². The van der Waals surface area contributed by atoms with E-state index in [0.717, 1.165) is 11.3 Å². The van der Waals surface area contributed by atoms with E-state index in [9.17, 15) is 18.3 Å². The summed E-state index contributed by atoms with van der Waals surface area (Å²) in [5.74, 6) is 0.378. The van der Waals surface area contributed by atoms with Crippen LogP contribution in [0.15, 0.2) is 36.4 Å². The van der Waals surface area contributed by atoms with E-state index < -0.39 is 30.2 Å². The van der Waals surface area contributed by atoms with Crippen LogP contribution in [0.4, 0.5) is 24.5 Å². The lowest BCUT2D eigenvalue weighted by molar-refractivity contribution is -0.260. The first-order valence-corrected chi connectivity index (χ1v) is 9.82. The summed E-state index contributed by atoms with van der Waals surface area (Å²) in [4.78, 5) is 0. The molecule has 1 heterocycles. The Morgan fingerprint density at radius 3 is 2.60 bits per heavy atom. The van der Waals surface area contributed by atoms with Gasteiger partial charge < -0.3 is 20.6 Å². The largest absolute Gasteiger partial charge is 0.496 e. The van der Waals surface area contributed by atoms with E-state index in [2.05, 4.69) is 16.2 Å². The van der Waals surface area contributed by atoms with Gasteiger partial charge in [0.2, 0.25) is 0 Å². The quantitative estimate of drug-likeness (QED) is 0.492. The lowest BCUT2D eigenvalue weighted by Gasteiger charge is -2.38. The summed E-state index contributed by atoms with van der Waals surface area (Å²) in [7, 11) is 1.43. The highest BCUT2D eigenvalue weighted by atomic mass is 35.5. The van der Waals surface area contributed by atoms with Gasteiger partial charge in [0.05, 0.1) is 19.3 Å². The van der Waals surface area contributed by atoms with E-state index in [1.54, 1.807) is 44.2 Å². The predicted molar refractivity (Wildman–Crippen MR) is 112 cm³/mol. The van der Waals surface area contributed by atoms with Gasteiger partial charge in [0.25, 0.3) is 0 Å². The smallest absolute Gasteiger partial charge is 0.418 e. The third kappa shape index (κ3) is 4.45. The second kappa shape index (κ2) is 8.17. The number of ether oxygens (including phenoxy) is 1. The van der Waals surface area contributed by atoms with Crippen LogP contribution in [-0.2, 0) is 12.0 Å². The monoisotopic (exact) mass is 443 g/mol. The average molecular weight is 444 g/mol. The molecule has 0 fully saturated rings. The average Bonchev–Trinajstić information content (AvgIpc) is 3.14. The summed E-state index contributed by atoms with van der Waals surface area (Å²) in [6.07, 6.45) is -5.41. The summed E-state index contributed by atoms with van der Waals surface area (Å²) < 4.78 is 47.3. The van der Waals surface area contributed by atoms with Crippen LogP contribution in [0, 0.1) is 0 Å². The number of hydrogen-bond acceptors (Lipinski definition) is 5.